The molecule has 1 N–H and O–H groups in total. The third-order valence-corrected chi connectivity index (χ3v) is 4.29. The molecule has 26 heavy (non-hydrogen) atoms. The van der Waals surface area contributed by atoms with Gasteiger partial charge in [-0.1, -0.05) is 19.9 Å². The number of ether oxygens (including phenoxy) is 1. The molecule has 2 atom stereocenters. The molecule has 2 aromatic rings. The largest absolute Gasteiger partial charge is 0.506 e. The van der Waals surface area contributed by atoms with Crippen LogP contribution in [0, 0.1) is 11.7 Å². The SMILES string of the molecule is CC(C)CN1C(=O)c2cc(F)ccc2C(OC(=O)O)C1c1cnn(C)c1. The number of nitrogens with zero attached hydrogens (tertiary/aromatic N) is 3. The van der Waals surface area contributed by atoms with Crippen molar-refractivity contribution in [2.24, 2.45) is 13.0 Å². The number of aromatic nitrogens is 2. The number of carbonyl (C=O) groups is 2. The number of rotatable bonds is 4. The van der Waals surface area contributed by atoms with Crippen molar-refractivity contribution in [3.63, 3.8) is 0 Å². The topological polar surface area (TPSA) is 84.7 Å². The van der Waals surface area contributed by atoms with E-state index < -0.39 is 24.1 Å². The first kappa shape index (κ1) is 17.9. The van der Waals surface area contributed by atoms with Crippen molar-refractivity contribution in [2.75, 3.05) is 6.54 Å². The van der Waals surface area contributed by atoms with Crippen molar-refractivity contribution >= 4 is 12.1 Å². The molecular weight excluding hydrogens is 341 g/mol. The standard InChI is InChI=1S/C18H20FN3O4/c1-10(2)8-22-15(11-7-20-21(3)9-11)16(26-18(24)25)13-5-4-12(19)6-14(13)17(22)23/h4-7,9-10,15-16H,8H2,1-3H3,(H,24,25). The van der Waals surface area contributed by atoms with Gasteiger partial charge in [0.1, 0.15) is 11.9 Å². The van der Waals surface area contributed by atoms with Gasteiger partial charge in [-0.05, 0) is 18.1 Å². The zero-order valence-corrected chi connectivity index (χ0v) is 14.7. The van der Waals surface area contributed by atoms with E-state index >= 15 is 0 Å². The summed E-state index contributed by atoms with van der Waals surface area (Å²) in [7, 11) is 1.73. The predicted molar refractivity (Wildman–Crippen MR) is 90.1 cm³/mol. The highest BCUT2D eigenvalue weighted by Crippen LogP contribution is 2.43. The summed E-state index contributed by atoms with van der Waals surface area (Å²) >= 11 is 0. The van der Waals surface area contributed by atoms with Gasteiger partial charge >= 0.3 is 6.16 Å². The Balaban J connectivity index is 2.19. The van der Waals surface area contributed by atoms with E-state index in [0.717, 1.165) is 6.07 Å². The van der Waals surface area contributed by atoms with Gasteiger partial charge in [-0.25, -0.2) is 9.18 Å². The molecule has 0 saturated carbocycles. The van der Waals surface area contributed by atoms with Gasteiger partial charge in [-0.3, -0.25) is 9.48 Å². The fraction of sp³-hybridized carbons (Fsp3) is 0.389. The average Bonchev–Trinajstić information content (AvgIpc) is 2.97. The molecule has 1 aliphatic heterocycles. The van der Waals surface area contributed by atoms with E-state index in [1.165, 1.54) is 17.0 Å². The zero-order chi connectivity index (χ0) is 19.0. The van der Waals surface area contributed by atoms with E-state index in [1.807, 2.05) is 13.8 Å². The van der Waals surface area contributed by atoms with Crippen LogP contribution in [0.2, 0.25) is 0 Å². The summed E-state index contributed by atoms with van der Waals surface area (Å²) in [5.74, 6) is -0.790. The van der Waals surface area contributed by atoms with Crippen LogP contribution in [-0.4, -0.2) is 38.4 Å². The molecule has 0 saturated heterocycles. The molecule has 1 aromatic heterocycles. The van der Waals surface area contributed by atoms with Gasteiger partial charge in [-0.2, -0.15) is 5.10 Å². The van der Waals surface area contributed by atoms with Crippen molar-refractivity contribution in [3.8, 4) is 0 Å². The van der Waals surface area contributed by atoms with Crippen LogP contribution < -0.4 is 0 Å². The minimum Gasteiger partial charge on any atom is -0.450 e. The summed E-state index contributed by atoms with van der Waals surface area (Å²) in [6.45, 7) is 4.26. The summed E-state index contributed by atoms with van der Waals surface area (Å²) < 4.78 is 20.5. The first-order valence-electron chi connectivity index (χ1n) is 8.26. The van der Waals surface area contributed by atoms with Gasteiger partial charge in [0, 0.05) is 36.5 Å². The number of carbonyl (C=O) groups excluding carboxylic acids is 1. The van der Waals surface area contributed by atoms with Crippen LogP contribution in [0.15, 0.2) is 30.6 Å². The van der Waals surface area contributed by atoms with E-state index in [1.54, 1.807) is 24.1 Å². The Hall–Kier alpha value is -2.90. The van der Waals surface area contributed by atoms with E-state index in [2.05, 4.69) is 5.10 Å². The Kier molecular flexibility index (Phi) is 4.67. The van der Waals surface area contributed by atoms with Gasteiger partial charge in [0.25, 0.3) is 5.91 Å². The Morgan fingerprint density at radius 3 is 2.73 bits per heavy atom. The third-order valence-electron chi connectivity index (χ3n) is 4.29. The molecule has 0 spiro atoms. The summed E-state index contributed by atoms with van der Waals surface area (Å²) in [5.41, 5.74) is 1.13. The summed E-state index contributed by atoms with van der Waals surface area (Å²) in [6, 6.07) is 3.06. The number of carboxylic acid groups (broad SMARTS) is 1. The number of hydrogen-bond acceptors (Lipinski definition) is 4. The van der Waals surface area contributed by atoms with Gasteiger partial charge in [-0.15, -0.1) is 0 Å². The number of halogens is 1. The van der Waals surface area contributed by atoms with Gasteiger partial charge in [0.2, 0.25) is 0 Å². The minimum atomic E-state index is -1.46. The fourth-order valence-electron chi connectivity index (χ4n) is 3.35. The number of benzene rings is 1. The van der Waals surface area contributed by atoms with Crippen LogP contribution in [0.4, 0.5) is 9.18 Å². The molecule has 1 amide bonds. The zero-order valence-electron chi connectivity index (χ0n) is 14.7. The lowest BCUT2D eigenvalue weighted by atomic mass is 9.87. The molecule has 8 heteroatoms. The minimum absolute atomic E-state index is 0.122. The Bertz CT molecular complexity index is 849. The Morgan fingerprint density at radius 2 is 2.15 bits per heavy atom. The second-order valence-corrected chi connectivity index (χ2v) is 6.78. The molecule has 2 heterocycles. The van der Waals surface area contributed by atoms with Crippen LogP contribution >= 0.6 is 0 Å². The number of aryl methyl sites for hydroxylation is 1. The second-order valence-electron chi connectivity index (χ2n) is 6.78. The van der Waals surface area contributed by atoms with Crippen molar-refractivity contribution < 1.29 is 23.8 Å². The number of fused-ring (bicyclic) bond motifs is 1. The highest BCUT2D eigenvalue weighted by atomic mass is 19.1. The molecule has 2 unspecified atom stereocenters. The van der Waals surface area contributed by atoms with Crippen molar-refractivity contribution in [1.29, 1.82) is 0 Å². The van der Waals surface area contributed by atoms with Crippen molar-refractivity contribution in [3.05, 3.63) is 53.1 Å². The summed E-state index contributed by atoms with van der Waals surface area (Å²) in [6.07, 6.45) is 0.873. The molecule has 0 aliphatic carbocycles. The maximum atomic E-state index is 13.7. The van der Waals surface area contributed by atoms with Crippen LogP contribution in [0.3, 0.4) is 0 Å². The van der Waals surface area contributed by atoms with Gasteiger partial charge in [0.15, 0.2) is 6.10 Å². The quantitative estimate of drug-likeness (QED) is 0.846. The van der Waals surface area contributed by atoms with Crippen molar-refractivity contribution in [2.45, 2.75) is 26.0 Å². The lowest BCUT2D eigenvalue weighted by molar-refractivity contribution is -0.00898. The third kappa shape index (κ3) is 3.26. The lowest BCUT2D eigenvalue weighted by Gasteiger charge is -2.41. The molecule has 7 nitrogen and oxygen atoms in total. The summed E-state index contributed by atoms with van der Waals surface area (Å²) in [4.78, 5) is 25.9. The van der Waals surface area contributed by atoms with Crippen LogP contribution in [-0.2, 0) is 11.8 Å². The average molecular weight is 361 g/mol. The lowest BCUT2D eigenvalue weighted by Crippen LogP contribution is -2.45. The van der Waals surface area contributed by atoms with Gasteiger partial charge < -0.3 is 14.7 Å². The normalized spacial score (nSPS) is 19.6. The van der Waals surface area contributed by atoms with Crippen molar-refractivity contribution in [1.82, 2.24) is 14.7 Å². The Morgan fingerprint density at radius 1 is 1.42 bits per heavy atom. The molecule has 0 bridgehead atoms. The summed E-state index contributed by atoms with van der Waals surface area (Å²) in [5, 5.41) is 13.4. The maximum Gasteiger partial charge on any atom is 0.506 e. The van der Waals surface area contributed by atoms with Gasteiger partial charge in [0.05, 0.1) is 6.20 Å². The second kappa shape index (κ2) is 6.78. The molecule has 0 fully saturated rings. The molecule has 1 aliphatic rings. The molecule has 0 radical (unpaired) electrons. The highest BCUT2D eigenvalue weighted by molar-refractivity contribution is 5.97. The molecule has 138 valence electrons. The van der Waals surface area contributed by atoms with Crippen LogP contribution in [0.5, 0.6) is 0 Å². The highest BCUT2D eigenvalue weighted by Gasteiger charge is 2.43. The smallest absolute Gasteiger partial charge is 0.450 e. The van der Waals surface area contributed by atoms with E-state index in [4.69, 9.17) is 4.74 Å². The van der Waals surface area contributed by atoms with E-state index in [9.17, 15) is 19.1 Å². The van der Waals surface area contributed by atoms with Crippen LogP contribution in [0.1, 0.15) is 47.5 Å². The first-order chi connectivity index (χ1) is 12.3. The maximum absolute atomic E-state index is 13.7. The first-order valence-corrected chi connectivity index (χ1v) is 8.26. The number of hydrogen-bond donors (Lipinski definition) is 1. The van der Waals surface area contributed by atoms with E-state index in [-0.39, 0.29) is 17.4 Å². The fourth-order valence-corrected chi connectivity index (χ4v) is 3.35. The van der Waals surface area contributed by atoms with E-state index in [0.29, 0.717) is 17.7 Å². The molecule has 3 rings (SSSR count). The monoisotopic (exact) mass is 361 g/mol. The molecular formula is C18H20FN3O4. The predicted octanol–water partition coefficient (Wildman–Crippen LogP) is 3.15. The van der Waals surface area contributed by atoms with Crippen LogP contribution in [0.25, 0.3) is 0 Å². The molecule has 1 aromatic carbocycles. The Labute approximate surface area is 150 Å². The number of amides is 1.